The molecule has 2 saturated heterocycles. The topological polar surface area (TPSA) is 214 Å². The molecule has 0 aromatic rings. The van der Waals surface area contributed by atoms with E-state index in [-0.39, 0.29) is 31.1 Å². The van der Waals surface area contributed by atoms with Crippen molar-refractivity contribution < 1.29 is 72.8 Å². The molecule has 15 nitrogen and oxygen atoms in total. The Hall–Kier alpha value is -2.40. The largest absolute Gasteiger partial charge is 0.455 e. The third-order valence-electron chi connectivity index (χ3n) is 8.19. The highest BCUT2D eigenvalue weighted by Gasteiger charge is 2.62. The monoisotopic (exact) mass is 706 g/mol. The highest BCUT2D eigenvalue weighted by atomic mass is 16.8. The highest BCUT2D eigenvalue weighted by Crippen LogP contribution is 2.39. The number of hydrogen-bond acceptors (Lipinski definition) is 15. The Morgan fingerprint density at radius 1 is 0.714 bits per heavy atom. The van der Waals surface area contributed by atoms with E-state index in [2.05, 4.69) is 6.92 Å². The van der Waals surface area contributed by atoms with Crippen molar-refractivity contribution in [1.29, 1.82) is 0 Å². The molecule has 284 valence electrons. The molecule has 0 spiro atoms. The third-order valence-corrected chi connectivity index (χ3v) is 8.19. The van der Waals surface area contributed by atoms with E-state index in [1.54, 1.807) is 27.7 Å². The minimum absolute atomic E-state index is 0.00183. The van der Waals surface area contributed by atoms with E-state index in [1.165, 1.54) is 0 Å². The Balaban J connectivity index is 2.46. The van der Waals surface area contributed by atoms with E-state index in [0.29, 0.717) is 6.42 Å². The van der Waals surface area contributed by atoms with Crippen LogP contribution in [0.5, 0.6) is 0 Å². The van der Waals surface area contributed by atoms with E-state index in [1.807, 2.05) is 0 Å². The number of carbonyl (C=O) groups excluding carboxylic acids is 4. The number of carbonyl (C=O) groups is 4. The summed E-state index contributed by atoms with van der Waals surface area (Å²) in [5, 5.41) is 41.8. The molecule has 2 rings (SSSR count). The fourth-order valence-electron chi connectivity index (χ4n) is 5.82. The maximum atomic E-state index is 13.2. The maximum absolute atomic E-state index is 13.2. The lowest BCUT2D eigenvalue weighted by Gasteiger charge is -2.46. The smallest absolute Gasteiger partial charge is 0.306 e. The first-order chi connectivity index (χ1) is 23.2. The Morgan fingerprint density at radius 2 is 1.27 bits per heavy atom. The van der Waals surface area contributed by atoms with Crippen LogP contribution in [0.2, 0.25) is 0 Å². The number of rotatable bonds is 21. The molecule has 2 aliphatic rings. The lowest BCUT2D eigenvalue weighted by Crippen LogP contribution is -2.65. The minimum atomic E-state index is -2.38. The quantitative estimate of drug-likeness (QED) is 0.0764. The Labute approximate surface area is 288 Å². The maximum Gasteiger partial charge on any atom is 0.306 e. The van der Waals surface area contributed by atoms with Gasteiger partial charge in [-0.05, 0) is 18.3 Å². The normalized spacial score (nSPS) is 30.0. The number of unbranched alkanes of at least 4 members (excludes halogenated alkanes) is 6. The molecular weight excluding hydrogens is 648 g/mol. The van der Waals surface area contributed by atoms with Crippen LogP contribution in [0.25, 0.3) is 0 Å². The summed E-state index contributed by atoms with van der Waals surface area (Å²) in [6.07, 6.45) is -6.10. The van der Waals surface area contributed by atoms with Gasteiger partial charge in [-0.25, -0.2) is 0 Å². The molecule has 0 aromatic heterocycles. The molecule has 15 heteroatoms. The molecule has 2 fully saturated rings. The zero-order valence-corrected chi connectivity index (χ0v) is 29.7. The summed E-state index contributed by atoms with van der Waals surface area (Å²) < 4.78 is 40.3. The molecule has 49 heavy (non-hydrogen) atoms. The van der Waals surface area contributed by atoms with Gasteiger partial charge in [-0.15, -0.1) is 0 Å². The lowest BCUT2D eigenvalue weighted by molar-refractivity contribution is -0.384. The third kappa shape index (κ3) is 13.0. The van der Waals surface area contributed by atoms with Gasteiger partial charge in [0.05, 0.1) is 13.2 Å². The minimum Gasteiger partial charge on any atom is -0.455 e. The van der Waals surface area contributed by atoms with Crippen LogP contribution in [-0.2, 0) is 52.3 Å². The van der Waals surface area contributed by atoms with Crippen LogP contribution in [-0.4, -0.2) is 119 Å². The summed E-state index contributed by atoms with van der Waals surface area (Å²) in [6.45, 7) is 7.74. The van der Waals surface area contributed by atoms with Gasteiger partial charge in [-0.3, -0.25) is 19.2 Å². The van der Waals surface area contributed by atoms with Crippen LogP contribution >= 0.6 is 0 Å². The Kier molecular flexibility index (Phi) is 18.4. The van der Waals surface area contributed by atoms with E-state index in [4.69, 9.17) is 33.2 Å². The molecule has 0 bridgehead atoms. The molecule has 0 unspecified atom stereocenters. The first-order valence-corrected chi connectivity index (χ1v) is 17.5. The summed E-state index contributed by atoms with van der Waals surface area (Å²) in [7, 11) is 0. The van der Waals surface area contributed by atoms with Gasteiger partial charge < -0.3 is 53.6 Å². The van der Waals surface area contributed by atoms with Gasteiger partial charge in [-0.2, -0.15) is 0 Å². The number of aliphatic hydroxyl groups excluding tert-OH is 4. The molecule has 0 saturated carbocycles. The van der Waals surface area contributed by atoms with E-state index < -0.39 is 98.5 Å². The molecule has 4 N–H and O–H groups in total. The first kappa shape index (κ1) is 42.8. The fourth-order valence-corrected chi connectivity index (χ4v) is 5.82. The summed E-state index contributed by atoms with van der Waals surface area (Å²) in [5.74, 6) is -5.62. The van der Waals surface area contributed by atoms with Gasteiger partial charge in [0, 0.05) is 26.2 Å². The highest BCUT2D eigenvalue weighted by molar-refractivity contribution is 5.71. The summed E-state index contributed by atoms with van der Waals surface area (Å²) in [5.41, 5.74) is 0. The predicted octanol–water partition coefficient (Wildman–Crippen LogP) is 2.06. The number of esters is 4. The first-order valence-electron chi connectivity index (χ1n) is 17.5. The molecular formula is C34H58O15. The number of aliphatic hydroxyl groups is 4. The molecule has 0 aromatic carbocycles. The van der Waals surface area contributed by atoms with Crippen LogP contribution in [0.1, 0.15) is 106 Å². The zero-order chi connectivity index (χ0) is 36.7. The van der Waals surface area contributed by atoms with Gasteiger partial charge >= 0.3 is 23.9 Å². The predicted molar refractivity (Wildman–Crippen MR) is 171 cm³/mol. The Bertz CT molecular complexity index is 1040. The van der Waals surface area contributed by atoms with Crippen molar-refractivity contribution in [3.8, 4) is 0 Å². The fraction of sp³-hybridized carbons (Fsp3) is 0.882. The average molecular weight is 707 g/mol. The van der Waals surface area contributed by atoms with E-state index >= 15 is 0 Å². The van der Waals surface area contributed by atoms with Crippen molar-refractivity contribution in [2.24, 2.45) is 11.8 Å². The number of ether oxygens (including phenoxy) is 7. The Morgan fingerprint density at radius 3 is 1.80 bits per heavy atom. The summed E-state index contributed by atoms with van der Waals surface area (Å²) in [4.78, 5) is 51.2. The zero-order valence-electron chi connectivity index (χ0n) is 29.7. The average Bonchev–Trinajstić information content (AvgIpc) is 3.28. The summed E-state index contributed by atoms with van der Waals surface area (Å²) >= 11 is 0. The van der Waals surface area contributed by atoms with Crippen molar-refractivity contribution in [2.45, 2.75) is 161 Å². The second-order valence-corrected chi connectivity index (χ2v) is 13.6. The van der Waals surface area contributed by atoms with Gasteiger partial charge in [0.25, 0.3) is 0 Å². The van der Waals surface area contributed by atoms with Crippen molar-refractivity contribution in [3.63, 3.8) is 0 Å². The van der Waals surface area contributed by atoms with Crippen molar-refractivity contribution in [2.75, 3.05) is 19.8 Å². The van der Waals surface area contributed by atoms with E-state index in [0.717, 1.165) is 45.4 Å². The van der Waals surface area contributed by atoms with Crippen LogP contribution in [0.4, 0.5) is 0 Å². The number of hydrogen-bond donors (Lipinski definition) is 4. The van der Waals surface area contributed by atoms with Crippen LogP contribution < -0.4 is 0 Å². The van der Waals surface area contributed by atoms with Crippen molar-refractivity contribution >= 4 is 23.9 Å². The molecule has 0 radical (unpaired) electrons. The molecule has 0 aliphatic carbocycles. The van der Waals surface area contributed by atoms with Crippen molar-refractivity contribution in [1.82, 2.24) is 0 Å². The molecule has 0 amide bonds. The van der Waals surface area contributed by atoms with Crippen LogP contribution in [0.15, 0.2) is 0 Å². The van der Waals surface area contributed by atoms with Crippen LogP contribution in [0.3, 0.4) is 0 Å². The SMILES string of the molecule is CCCCCCCCCC(=O)O[C@@H]1[C@@H](OC(C)=O)[C@@H](O[C@]2(CO)O[C@H](CO)[C@@H](O)[C@@H]2OC(=O)CC(C)C)O[C@H](CO)[C@H]1OC(=O)CC(C)C. The molecule has 2 heterocycles. The lowest BCUT2D eigenvalue weighted by atomic mass is 9.97. The van der Waals surface area contributed by atoms with Gasteiger partial charge in [0.2, 0.25) is 12.1 Å². The van der Waals surface area contributed by atoms with Gasteiger partial charge in [-0.1, -0.05) is 73.1 Å². The standard InChI is InChI=1S/C34H58O15/c1-7-8-9-10-11-12-13-14-25(39)45-30-29(46-26(40)15-20(2)3)24(18-36)44-33(31(30)43-22(6)38)49-34(19-37)32(28(42)23(17-35)48-34)47-27(41)16-21(4)5/h20-21,23-24,28-33,35-37,42H,7-19H2,1-6H3/t23-,24-,28-,29-,30+,31-,32+,33-,34+/m1/s1. The molecule has 9 atom stereocenters. The van der Waals surface area contributed by atoms with Crippen molar-refractivity contribution in [3.05, 3.63) is 0 Å². The second kappa shape index (κ2) is 21.1. The summed E-state index contributed by atoms with van der Waals surface area (Å²) in [6, 6.07) is 0. The van der Waals surface area contributed by atoms with Gasteiger partial charge in [0.1, 0.15) is 24.9 Å². The van der Waals surface area contributed by atoms with E-state index in [9.17, 15) is 39.6 Å². The second-order valence-electron chi connectivity index (χ2n) is 13.6. The van der Waals surface area contributed by atoms with Crippen LogP contribution in [0, 0.1) is 11.8 Å². The molecule has 2 aliphatic heterocycles. The van der Waals surface area contributed by atoms with Gasteiger partial charge in [0.15, 0.2) is 24.4 Å².